The topological polar surface area (TPSA) is 63.2 Å². The van der Waals surface area contributed by atoms with E-state index in [1.807, 2.05) is 18.2 Å². The normalized spacial score (nSPS) is 13.5. The molecule has 0 unspecified atom stereocenters. The van der Waals surface area contributed by atoms with Crippen LogP contribution in [0.15, 0.2) is 42.6 Å². The molecule has 0 bridgehead atoms. The molecule has 1 aliphatic rings. The van der Waals surface area contributed by atoms with E-state index < -0.39 is 0 Å². The maximum absolute atomic E-state index is 12.0. The summed E-state index contributed by atoms with van der Waals surface area (Å²) in [4.78, 5) is 16.1. The Labute approximate surface area is 129 Å². The molecule has 5 nitrogen and oxygen atoms in total. The summed E-state index contributed by atoms with van der Waals surface area (Å²) >= 11 is 0. The van der Waals surface area contributed by atoms with Crippen molar-refractivity contribution in [2.75, 3.05) is 7.11 Å². The number of methoxy groups -OCH3 is 1. The molecule has 2 amide bonds. The van der Waals surface area contributed by atoms with E-state index in [0.717, 1.165) is 18.4 Å². The fourth-order valence-electron chi connectivity index (χ4n) is 2.72. The largest absolute Gasteiger partial charge is 0.481 e. The van der Waals surface area contributed by atoms with Crippen molar-refractivity contribution in [2.45, 2.75) is 25.4 Å². The smallest absolute Gasteiger partial charge is 0.315 e. The molecule has 0 saturated carbocycles. The van der Waals surface area contributed by atoms with Gasteiger partial charge in [0.25, 0.3) is 0 Å². The minimum atomic E-state index is -0.145. The van der Waals surface area contributed by atoms with Crippen LogP contribution in [-0.4, -0.2) is 24.2 Å². The summed E-state index contributed by atoms with van der Waals surface area (Å²) < 4.78 is 5.00. The van der Waals surface area contributed by atoms with Crippen LogP contribution in [0.3, 0.4) is 0 Å². The molecule has 0 saturated heterocycles. The van der Waals surface area contributed by atoms with Crippen molar-refractivity contribution in [3.05, 3.63) is 59.3 Å². The Kier molecular flexibility index (Phi) is 4.23. The number of aromatic nitrogens is 1. The van der Waals surface area contributed by atoms with Crippen LogP contribution in [-0.2, 0) is 19.4 Å². The Hall–Kier alpha value is -2.56. The molecular formula is C17H19N3O2. The van der Waals surface area contributed by atoms with Crippen molar-refractivity contribution < 1.29 is 9.53 Å². The number of benzene rings is 1. The highest BCUT2D eigenvalue weighted by atomic mass is 16.5. The van der Waals surface area contributed by atoms with Crippen molar-refractivity contribution in [3.8, 4) is 5.88 Å². The first-order chi connectivity index (χ1) is 10.7. The number of nitrogens with one attached hydrogen (secondary N) is 2. The van der Waals surface area contributed by atoms with Gasteiger partial charge in [0, 0.05) is 24.8 Å². The lowest BCUT2D eigenvalue weighted by atomic mass is 10.1. The third kappa shape index (κ3) is 3.36. The highest BCUT2D eigenvalue weighted by molar-refractivity contribution is 5.74. The second-order valence-corrected chi connectivity index (χ2v) is 5.41. The summed E-state index contributed by atoms with van der Waals surface area (Å²) in [6, 6.07) is 12.0. The molecule has 0 aliphatic heterocycles. The highest BCUT2D eigenvalue weighted by Gasteiger charge is 2.22. The van der Waals surface area contributed by atoms with Gasteiger partial charge in [-0.15, -0.1) is 0 Å². The van der Waals surface area contributed by atoms with E-state index in [0.29, 0.717) is 12.4 Å². The number of hydrogen-bond donors (Lipinski definition) is 2. The van der Waals surface area contributed by atoms with Gasteiger partial charge in [-0.2, -0.15) is 0 Å². The first kappa shape index (κ1) is 14.4. The zero-order valence-corrected chi connectivity index (χ0v) is 12.5. The summed E-state index contributed by atoms with van der Waals surface area (Å²) in [6.45, 7) is 0.447. The van der Waals surface area contributed by atoms with Crippen LogP contribution in [0.2, 0.25) is 0 Å². The lowest BCUT2D eigenvalue weighted by Crippen LogP contribution is -2.42. The Morgan fingerprint density at radius 3 is 2.55 bits per heavy atom. The first-order valence-electron chi connectivity index (χ1n) is 7.34. The highest BCUT2D eigenvalue weighted by Crippen LogP contribution is 2.21. The van der Waals surface area contributed by atoms with Crippen LogP contribution in [0, 0.1) is 0 Å². The van der Waals surface area contributed by atoms with Crippen LogP contribution < -0.4 is 15.4 Å². The number of hydrogen-bond acceptors (Lipinski definition) is 3. The second kappa shape index (κ2) is 6.47. The molecule has 3 rings (SSSR count). The Bertz CT molecular complexity index is 630. The van der Waals surface area contributed by atoms with Crippen LogP contribution in [0.25, 0.3) is 0 Å². The lowest BCUT2D eigenvalue weighted by molar-refractivity contribution is 0.237. The van der Waals surface area contributed by atoms with Gasteiger partial charge in [0.15, 0.2) is 0 Å². The monoisotopic (exact) mass is 297 g/mol. The van der Waals surface area contributed by atoms with Crippen LogP contribution >= 0.6 is 0 Å². The second-order valence-electron chi connectivity index (χ2n) is 5.41. The number of amides is 2. The van der Waals surface area contributed by atoms with Gasteiger partial charge in [0.2, 0.25) is 5.88 Å². The SMILES string of the molecule is COc1ccc(CNC(=O)NC2Cc3ccccc3C2)cn1. The predicted molar refractivity (Wildman–Crippen MR) is 83.8 cm³/mol. The maximum Gasteiger partial charge on any atom is 0.315 e. The Morgan fingerprint density at radius 1 is 1.23 bits per heavy atom. The number of fused-ring (bicyclic) bond motifs is 1. The van der Waals surface area contributed by atoms with E-state index in [4.69, 9.17) is 4.74 Å². The third-order valence-corrected chi connectivity index (χ3v) is 3.85. The first-order valence-corrected chi connectivity index (χ1v) is 7.34. The van der Waals surface area contributed by atoms with E-state index in [2.05, 4.69) is 27.8 Å². The molecule has 2 aromatic rings. The van der Waals surface area contributed by atoms with Crippen LogP contribution in [0.1, 0.15) is 16.7 Å². The van der Waals surface area contributed by atoms with Gasteiger partial charge >= 0.3 is 6.03 Å². The van der Waals surface area contributed by atoms with Crippen molar-refractivity contribution >= 4 is 6.03 Å². The Balaban J connectivity index is 1.47. The third-order valence-electron chi connectivity index (χ3n) is 3.85. The molecule has 0 fully saturated rings. The minimum absolute atomic E-state index is 0.145. The summed E-state index contributed by atoms with van der Waals surface area (Å²) in [5.74, 6) is 0.567. The van der Waals surface area contributed by atoms with Gasteiger partial charge in [-0.3, -0.25) is 0 Å². The summed E-state index contributed by atoms with van der Waals surface area (Å²) in [6.07, 6.45) is 3.49. The molecule has 0 spiro atoms. The molecule has 1 aromatic heterocycles. The minimum Gasteiger partial charge on any atom is -0.481 e. The number of rotatable bonds is 4. The average Bonchev–Trinajstić information content (AvgIpc) is 2.95. The number of pyridine rings is 1. The number of carbonyl (C=O) groups excluding carboxylic acids is 1. The van der Waals surface area contributed by atoms with E-state index in [9.17, 15) is 4.79 Å². The van der Waals surface area contributed by atoms with Crippen LogP contribution in [0.5, 0.6) is 5.88 Å². The molecule has 1 aliphatic carbocycles. The zero-order chi connectivity index (χ0) is 15.4. The molecule has 1 aromatic carbocycles. The van der Waals surface area contributed by atoms with Crippen molar-refractivity contribution in [3.63, 3.8) is 0 Å². The van der Waals surface area contributed by atoms with Crippen molar-refractivity contribution in [2.24, 2.45) is 0 Å². The molecule has 114 valence electrons. The summed E-state index contributed by atoms with van der Waals surface area (Å²) in [7, 11) is 1.58. The molecular weight excluding hydrogens is 278 g/mol. The fourth-order valence-corrected chi connectivity index (χ4v) is 2.72. The zero-order valence-electron chi connectivity index (χ0n) is 12.5. The lowest BCUT2D eigenvalue weighted by Gasteiger charge is -2.13. The maximum atomic E-state index is 12.0. The predicted octanol–water partition coefficient (Wildman–Crippen LogP) is 2.06. The number of ether oxygens (including phenoxy) is 1. The van der Waals surface area contributed by atoms with Gasteiger partial charge < -0.3 is 15.4 Å². The quantitative estimate of drug-likeness (QED) is 0.908. The molecule has 0 atom stereocenters. The fraction of sp³-hybridized carbons (Fsp3) is 0.294. The molecule has 22 heavy (non-hydrogen) atoms. The van der Waals surface area contributed by atoms with E-state index in [-0.39, 0.29) is 12.1 Å². The molecule has 2 N–H and O–H groups in total. The van der Waals surface area contributed by atoms with Crippen molar-refractivity contribution in [1.82, 2.24) is 15.6 Å². The van der Waals surface area contributed by atoms with E-state index in [1.54, 1.807) is 19.4 Å². The summed E-state index contributed by atoms with van der Waals surface area (Å²) in [5.41, 5.74) is 3.59. The standard InChI is InChI=1S/C17H19N3O2/c1-22-16-7-6-12(10-18-16)11-19-17(21)20-15-8-13-4-2-3-5-14(13)9-15/h2-7,10,15H,8-9,11H2,1H3,(H2,19,20,21). The number of carbonyl (C=O) groups is 1. The molecule has 0 radical (unpaired) electrons. The van der Waals surface area contributed by atoms with E-state index in [1.165, 1.54) is 11.1 Å². The molecule has 5 heteroatoms. The van der Waals surface area contributed by atoms with Gasteiger partial charge in [-0.25, -0.2) is 9.78 Å². The summed E-state index contributed by atoms with van der Waals surface area (Å²) in [5, 5.41) is 5.88. The van der Waals surface area contributed by atoms with Gasteiger partial charge in [-0.1, -0.05) is 30.3 Å². The van der Waals surface area contributed by atoms with Crippen molar-refractivity contribution in [1.29, 1.82) is 0 Å². The number of nitrogens with zero attached hydrogens (tertiary/aromatic N) is 1. The Morgan fingerprint density at radius 2 is 1.95 bits per heavy atom. The van der Waals surface area contributed by atoms with Gasteiger partial charge in [-0.05, 0) is 29.5 Å². The molecule has 1 heterocycles. The number of urea groups is 1. The van der Waals surface area contributed by atoms with Crippen LogP contribution in [0.4, 0.5) is 4.79 Å². The van der Waals surface area contributed by atoms with Gasteiger partial charge in [0.1, 0.15) is 0 Å². The average molecular weight is 297 g/mol. The van der Waals surface area contributed by atoms with Gasteiger partial charge in [0.05, 0.1) is 7.11 Å². The van der Waals surface area contributed by atoms with E-state index >= 15 is 0 Å².